The maximum atomic E-state index is 10.2. The molecular weight excluding hydrogens is 314 g/mol. The molecule has 2 nitrogen and oxygen atoms in total. The molecule has 0 saturated carbocycles. The second-order valence-electron chi connectivity index (χ2n) is 7.06. The normalized spacial score (nSPS) is 12.7. The minimum Gasteiger partial charge on any atom is -0.492 e. The standard InChI is InChI=1S/C21H31NOS/c1-5-7-8-9-19-20(23)22-21(24-19)18(6-2)17-12-10-16(11-13-17)14-15(3)4/h10-13,15,18,23H,5-9,14H2,1-4H3. The van der Waals surface area contributed by atoms with Crippen molar-refractivity contribution in [2.75, 3.05) is 0 Å². The Balaban J connectivity index is 2.14. The summed E-state index contributed by atoms with van der Waals surface area (Å²) in [6, 6.07) is 8.96. The fourth-order valence-corrected chi connectivity index (χ4v) is 4.33. The lowest BCUT2D eigenvalue weighted by atomic mass is 9.94. The lowest BCUT2D eigenvalue weighted by Gasteiger charge is -2.13. The van der Waals surface area contributed by atoms with Crippen LogP contribution in [0.15, 0.2) is 24.3 Å². The van der Waals surface area contributed by atoms with Crippen LogP contribution in [0.4, 0.5) is 0 Å². The SMILES string of the molecule is CCCCCc1sc(C(CC)c2ccc(CC(C)C)cc2)nc1O. The van der Waals surface area contributed by atoms with E-state index in [2.05, 4.69) is 56.9 Å². The number of aromatic nitrogens is 1. The second kappa shape index (κ2) is 9.22. The van der Waals surface area contributed by atoms with Gasteiger partial charge in [0.2, 0.25) is 5.88 Å². The summed E-state index contributed by atoms with van der Waals surface area (Å²) in [4.78, 5) is 5.53. The molecule has 0 saturated heterocycles. The summed E-state index contributed by atoms with van der Waals surface area (Å²) in [5, 5.41) is 11.2. The van der Waals surface area contributed by atoms with Gasteiger partial charge in [-0.3, -0.25) is 0 Å². The fourth-order valence-electron chi connectivity index (χ4n) is 3.12. The van der Waals surface area contributed by atoms with Crippen molar-refractivity contribution < 1.29 is 5.11 Å². The Morgan fingerprint density at radius 2 is 1.79 bits per heavy atom. The summed E-state index contributed by atoms with van der Waals surface area (Å²) >= 11 is 1.69. The first kappa shape index (κ1) is 19.0. The summed E-state index contributed by atoms with van der Waals surface area (Å²) in [6.45, 7) is 8.90. The molecule has 3 heteroatoms. The molecule has 132 valence electrons. The van der Waals surface area contributed by atoms with Gasteiger partial charge in [0.25, 0.3) is 0 Å². The lowest BCUT2D eigenvalue weighted by Crippen LogP contribution is -2.00. The lowest BCUT2D eigenvalue weighted by molar-refractivity contribution is 0.447. The van der Waals surface area contributed by atoms with Crippen LogP contribution in [0, 0.1) is 5.92 Å². The van der Waals surface area contributed by atoms with E-state index in [0.717, 1.165) is 35.6 Å². The maximum Gasteiger partial charge on any atom is 0.225 e. The largest absolute Gasteiger partial charge is 0.492 e. The van der Waals surface area contributed by atoms with Crippen LogP contribution in [-0.4, -0.2) is 10.1 Å². The molecule has 0 amide bonds. The molecule has 0 aliphatic heterocycles. The van der Waals surface area contributed by atoms with Gasteiger partial charge in [-0.2, -0.15) is 0 Å². The minimum absolute atomic E-state index is 0.251. The van der Waals surface area contributed by atoms with Crippen LogP contribution < -0.4 is 0 Å². The third kappa shape index (κ3) is 5.07. The molecule has 2 rings (SSSR count). The van der Waals surface area contributed by atoms with Gasteiger partial charge in [0.05, 0.1) is 4.88 Å². The van der Waals surface area contributed by atoms with Crippen molar-refractivity contribution in [2.45, 2.75) is 72.1 Å². The van der Waals surface area contributed by atoms with Gasteiger partial charge in [-0.15, -0.1) is 11.3 Å². The first-order valence-corrected chi connectivity index (χ1v) is 10.1. The molecule has 1 atom stereocenters. The first-order valence-electron chi connectivity index (χ1n) is 9.32. The van der Waals surface area contributed by atoms with Crippen molar-refractivity contribution in [3.63, 3.8) is 0 Å². The minimum atomic E-state index is 0.251. The molecule has 0 aliphatic rings. The third-order valence-electron chi connectivity index (χ3n) is 4.43. The number of hydrogen-bond donors (Lipinski definition) is 1. The summed E-state index contributed by atoms with van der Waals surface area (Å²) < 4.78 is 0. The van der Waals surface area contributed by atoms with E-state index in [-0.39, 0.29) is 11.8 Å². The predicted octanol–water partition coefficient (Wildman–Crippen LogP) is 6.32. The van der Waals surface area contributed by atoms with Crippen molar-refractivity contribution in [3.05, 3.63) is 45.3 Å². The van der Waals surface area contributed by atoms with Crippen LogP contribution in [0.25, 0.3) is 0 Å². The van der Waals surface area contributed by atoms with Gasteiger partial charge in [0, 0.05) is 5.92 Å². The molecular formula is C21H31NOS. The average molecular weight is 346 g/mol. The van der Waals surface area contributed by atoms with E-state index in [9.17, 15) is 5.11 Å². The molecule has 0 fully saturated rings. The molecule has 0 aliphatic carbocycles. The van der Waals surface area contributed by atoms with Crippen LogP contribution in [0.3, 0.4) is 0 Å². The number of aryl methyl sites for hydroxylation is 1. The zero-order valence-corrected chi connectivity index (χ0v) is 16.3. The van der Waals surface area contributed by atoms with Gasteiger partial charge in [-0.05, 0) is 42.7 Å². The zero-order valence-electron chi connectivity index (χ0n) is 15.5. The highest BCUT2D eigenvalue weighted by atomic mass is 32.1. The highest BCUT2D eigenvalue weighted by molar-refractivity contribution is 7.12. The molecule has 1 unspecified atom stereocenters. The quantitative estimate of drug-likeness (QED) is 0.539. The van der Waals surface area contributed by atoms with Crippen molar-refractivity contribution in [2.24, 2.45) is 5.92 Å². The van der Waals surface area contributed by atoms with Crippen molar-refractivity contribution >= 4 is 11.3 Å². The number of rotatable bonds is 9. The van der Waals surface area contributed by atoms with Crippen molar-refractivity contribution in [1.82, 2.24) is 4.98 Å². The summed E-state index contributed by atoms with van der Waals surface area (Å²) in [7, 11) is 0. The van der Waals surface area contributed by atoms with Crippen LogP contribution in [0.5, 0.6) is 5.88 Å². The smallest absolute Gasteiger partial charge is 0.225 e. The monoisotopic (exact) mass is 345 g/mol. The third-order valence-corrected chi connectivity index (χ3v) is 5.65. The molecule has 2 aromatic rings. The van der Waals surface area contributed by atoms with Crippen molar-refractivity contribution in [1.29, 1.82) is 0 Å². The topological polar surface area (TPSA) is 33.1 Å². The summed E-state index contributed by atoms with van der Waals surface area (Å²) in [6.07, 6.45) is 6.61. The first-order chi connectivity index (χ1) is 11.5. The van der Waals surface area contributed by atoms with E-state index in [1.807, 2.05) is 0 Å². The van der Waals surface area contributed by atoms with E-state index in [0.29, 0.717) is 5.92 Å². The maximum absolute atomic E-state index is 10.2. The Morgan fingerprint density at radius 3 is 2.38 bits per heavy atom. The van der Waals surface area contributed by atoms with Crippen LogP contribution in [0.2, 0.25) is 0 Å². The molecule has 1 N–H and O–H groups in total. The fraction of sp³-hybridized carbons (Fsp3) is 0.571. The van der Waals surface area contributed by atoms with Crippen molar-refractivity contribution in [3.8, 4) is 5.88 Å². The molecule has 0 spiro atoms. The number of unbranched alkanes of at least 4 members (excludes halogenated alkanes) is 2. The number of nitrogens with zero attached hydrogens (tertiary/aromatic N) is 1. The molecule has 24 heavy (non-hydrogen) atoms. The molecule has 1 aromatic carbocycles. The Bertz CT molecular complexity index is 615. The van der Waals surface area contributed by atoms with Gasteiger partial charge < -0.3 is 5.11 Å². The molecule has 1 aromatic heterocycles. The predicted molar refractivity (Wildman–Crippen MR) is 104 cm³/mol. The van der Waals surface area contributed by atoms with E-state index < -0.39 is 0 Å². The van der Waals surface area contributed by atoms with E-state index in [4.69, 9.17) is 0 Å². The van der Waals surface area contributed by atoms with Gasteiger partial charge in [-0.1, -0.05) is 64.8 Å². The van der Waals surface area contributed by atoms with Gasteiger partial charge in [0.1, 0.15) is 5.01 Å². The summed E-state index contributed by atoms with van der Waals surface area (Å²) in [5.74, 6) is 1.22. The van der Waals surface area contributed by atoms with E-state index in [1.54, 1.807) is 11.3 Å². The van der Waals surface area contributed by atoms with Crippen LogP contribution >= 0.6 is 11.3 Å². The Morgan fingerprint density at radius 1 is 1.08 bits per heavy atom. The highest BCUT2D eigenvalue weighted by Crippen LogP contribution is 2.36. The number of aromatic hydroxyl groups is 1. The van der Waals surface area contributed by atoms with Crippen LogP contribution in [0.1, 0.15) is 80.3 Å². The van der Waals surface area contributed by atoms with Gasteiger partial charge >= 0.3 is 0 Å². The van der Waals surface area contributed by atoms with Gasteiger partial charge in [-0.25, -0.2) is 4.98 Å². The molecule has 1 heterocycles. The van der Waals surface area contributed by atoms with E-state index in [1.165, 1.54) is 24.0 Å². The molecule has 0 bridgehead atoms. The van der Waals surface area contributed by atoms with Crippen LogP contribution in [-0.2, 0) is 12.8 Å². The molecule has 0 radical (unpaired) electrons. The average Bonchev–Trinajstić information content (AvgIpc) is 2.90. The zero-order chi connectivity index (χ0) is 17.5. The number of thiazole rings is 1. The van der Waals surface area contributed by atoms with Gasteiger partial charge in [0.15, 0.2) is 0 Å². The van der Waals surface area contributed by atoms with E-state index >= 15 is 0 Å². The Hall–Kier alpha value is -1.35. The Kier molecular flexibility index (Phi) is 7.29. The highest BCUT2D eigenvalue weighted by Gasteiger charge is 2.19. The number of benzene rings is 1. The second-order valence-corrected chi connectivity index (χ2v) is 8.17. The number of hydrogen-bond acceptors (Lipinski definition) is 3. The Labute approximate surface area is 151 Å². The summed E-state index contributed by atoms with van der Waals surface area (Å²) in [5.41, 5.74) is 2.70.